The third kappa shape index (κ3) is 3.79. The standard InChI is InChI=1S/C27H24N2/c1-3-9-21(10-4-1)15-23-16-24(27-14-8-7-13-26(23)27)17-25-18-28-20-29(25)19-22-11-5-2-6-12-22/h1-14,17-18,20,23H,15-16,19H2. The summed E-state index contributed by atoms with van der Waals surface area (Å²) in [5, 5.41) is 0. The monoisotopic (exact) mass is 376 g/mol. The number of allylic oxidation sites excluding steroid dienone is 1. The van der Waals surface area contributed by atoms with Gasteiger partial charge in [0.15, 0.2) is 0 Å². The highest BCUT2D eigenvalue weighted by Crippen LogP contribution is 2.43. The Kier molecular flexibility index (Phi) is 4.83. The van der Waals surface area contributed by atoms with Gasteiger partial charge in [-0.05, 0) is 52.7 Å². The minimum atomic E-state index is 0.533. The third-order valence-electron chi connectivity index (χ3n) is 5.80. The average Bonchev–Trinajstić information content (AvgIpc) is 3.35. The topological polar surface area (TPSA) is 17.8 Å². The summed E-state index contributed by atoms with van der Waals surface area (Å²) < 4.78 is 2.23. The van der Waals surface area contributed by atoms with Crippen LogP contribution in [0.15, 0.2) is 97.5 Å². The second-order valence-corrected chi connectivity index (χ2v) is 7.78. The number of benzene rings is 3. The lowest BCUT2D eigenvalue weighted by molar-refractivity contribution is 0.730. The average molecular weight is 377 g/mol. The lowest BCUT2D eigenvalue weighted by Crippen LogP contribution is -2.00. The van der Waals surface area contributed by atoms with Gasteiger partial charge >= 0.3 is 0 Å². The molecule has 1 aliphatic carbocycles. The Labute approximate surface area is 172 Å². The Morgan fingerprint density at radius 1 is 0.828 bits per heavy atom. The van der Waals surface area contributed by atoms with Crippen LogP contribution in [0.1, 0.15) is 40.3 Å². The van der Waals surface area contributed by atoms with Crippen molar-refractivity contribution in [2.24, 2.45) is 0 Å². The van der Waals surface area contributed by atoms with Gasteiger partial charge in [-0.25, -0.2) is 4.98 Å². The first-order valence-electron chi connectivity index (χ1n) is 10.2. The molecule has 0 bridgehead atoms. The summed E-state index contributed by atoms with van der Waals surface area (Å²) in [5.41, 5.74) is 8.13. The van der Waals surface area contributed by atoms with E-state index < -0.39 is 0 Å². The second kappa shape index (κ2) is 7.92. The second-order valence-electron chi connectivity index (χ2n) is 7.78. The largest absolute Gasteiger partial charge is 0.327 e. The van der Waals surface area contributed by atoms with E-state index in [0.29, 0.717) is 5.92 Å². The minimum absolute atomic E-state index is 0.533. The van der Waals surface area contributed by atoms with Gasteiger partial charge in [0.2, 0.25) is 0 Å². The molecule has 1 aliphatic rings. The van der Waals surface area contributed by atoms with Crippen LogP contribution in [0.4, 0.5) is 0 Å². The van der Waals surface area contributed by atoms with Gasteiger partial charge < -0.3 is 4.57 Å². The summed E-state index contributed by atoms with van der Waals surface area (Å²) in [6.45, 7) is 0.842. The summed E-state index contributed by atoms with van der Waals surface area (Å²) in [6.07, 6.45) is 8.40. The predicted octanol–water partition coefficient (Wildman–Crippen LogP) is 6.20. The summed E-state index contributed by atoms with van der Waals surface area (Å²) in [7, 11) is 0. The molecule has 0 spiro atoms. The molecule has 0 fully saturated rings. The van der Waals surface area contributed by atoms with E-state index in [1.54, 1.807) is 0 Å². The van der Waals surface area contributed by atoms with Gasteiger partial charge in [0.05, 0.1) is 18.2 Å². The van der Waals surface area contributed by atoms with Crippen molar-refractivity contribution >= 4 is 11.6 Å². The molecule has 0 saturated carbocycles. The molecule has 4 aromatic rings. The van der Waals surface area contributed by atoms with Crippen LogP contribution in [-0.2, 0) is 13.0 Å². The van der Waals surface area contributed by atoms with Gasteiger partial charge in [0, 0.05) is 6.54 Å². The van der Waals surface area contributed by atoms with Crippen LogP contribution in [-0.4, -0.2) is 9.55 Å². The lowest BCUT2D eigenvalue weighted by Gasteiger charge is -2.11. The van der Waals surface area contributed by atoms with Crippen molar-refractivity contribution in [1.29, 1.82) is 0 Å². The maximum absolute atomic E-state index is 4.42. The number of fused-ring (bicyclic) bond motifs is 1. The summed E-state index contributed by atoms with van der Waals surface area (Å²) >= 11 is 0. The van der Waals surface area contributed by atoms with E-state index in [1.165, 1.54) is 33.5 Å². The minimum Gasteiger partial charge on any atom is -0.327 e. The molecule has 1 heterocycles. The highest BCUT2D eigenvalue weighted by molar-refractivity contribution is 5.85. The van der Waals surface area contributed by atoms with Crippen LogP contribution in [0.25, 0.3) is 11.6 Å². The summed E-state index contributed by atoms with van der Waals surface area (Å²) in [5.74, 6) is 0.533. The van der Waals surface area contributed by atoms with Crippen molar-refractivity contribution in [2.45, 2.75) is 25.3 Å². The van der Waals surface area contributed by atoms with Gasteiger partial charge in [-0.3, -0.25) is 0 Å². The summed E-state index contributed by atoms with van der Waals surface area (Å²) in [6, 6.07) is 30.3. The lowest BCUT2D eigenvalue weighted by atomic mass is 9.94. The van der Waals surface area contributed by atoms with Crippen LogP contribution in [0.5, 0.6) is 0 Å². The molecule has 5 rings (SSSR count). The zero-order valence-corrected chi connectivity index (χ0v) is 16.4. The molecule has 1 aromatic heterocycles. The fourth-order valence-electron chi connectivity index (χ4n) is 4.39. The van der Waals surface area contributed by atoms with E-state index in [0.717, 1.165) is 19.4 Å². The van der Waals surface area contributed by atoms with E-state index in [9.17, 15) is 0 Å². The van der Waals surface area contributed by atoms with Gasteiger partial charge in [0.25, 0.3) is 0 Å². The molecular weight excluding hydrogens is 352 g/mol. The van der Waals surface area contributed by atoms with Crippen LogP contribution >= 0.6 is 0 Å². The Morgan fingerprint density at radius 3 is 2.31 bits per heavy atom. The van der Waals surface area contributed by atoms with Crippen molar-refractivity contribution in [1.82, 2.24) is 9.55 Å². The molecule has 0 aliphatic heterocycles. The smallest absolute Gasteiger partial charge is 0.0953 e. The van der Waals surface area contributed by atoms with E-state index in [1.807, 2.05) is 12.5 Å². The Bertz CT molecular complexity index is 1120. The Balaban J connectivity index is 1.45. The first-order chi connectivity index (χ1) is 14.4. The van der Waals surface area contributed by atoms with E-state index >= 15 is 0 Å². The number of hydrogen-bond donors (Lipinski definition) is 0. The van der Waals surface area contributed by atoms with Crippen LogP contribution < -0.4 is 0 Å². The van der Waals surface area contributed by atoms with Crippen molar-refractivity contribution in [3.63, 3.8) is 0 Å². The predicted molar refractivity (Wildman–Crippen MR) is 120 cm³/mol. The molecule has 0 saturated heterocycles. The van der Waals surface area contributed by atoms with Crippen LogP contribution in [0.3, 0.4) is 0 Å². The van der Waals surface area contributed by atoms with E-state index in [-0.39, 0.29) is 0 Å². The van der Waals surface area contributed by atoms with Crippen LogP contribution in [0.2, 0.25) is 0 Å². The third-order valence-corrected chi connectivity index (χ3v) is 5.80. The maximum Gasteiger partial charge on any atom is 0.0953 e. The van der Waals surface area contributed by atoms with Gasteiger partial charge in [0.1, 0.15) is 0 Å². The molecule has 2 heteroatoms. The Morgan fingerprint density at radius 2 is 1.52 bits per heavy atom. The Hall–Kier alpha value is -3.39. The van der Waals surface area contributed by atoms with Crippen molar-refractivity contribution < 1.29 is 0 Å². The maximum atomic E-state index is 4.42. The number of imidazole rings is 1. The molecule has 3 aromatic carbocycles. The molecule has 0 amide bonds. The SMILES string of the molecule is C(=C1CC(Cc2ccccc2)c2ccccc21)c1cncn1Cc1ccccc1. The highest BCUT2D eigenvalue weighted by atomic mass is 15.0. The van der Waals surface area contributed by atoms with Crippen molar-refractivity contribution in [3.8, 4) is 0 Å². The van der Waals surface area contributed by atoms with E-state index in [4.69, 9.17) is 0 Å². The molecule has 1 unspecified atom stereocenters. The molecule has 29 heavy (non-hydrogen) atoms. The van der Waals surface area contributed by atoms with Crippen molar-refractivity contribution in [3.05, 3.63) is 125 Å². The first-order valence-corrected chi connectivity index (χ1v) is 10.2. The fourth-order valence-corrected chi connectivity index (χ4v) is 4.39. The summed E-state index contributed by atoms with van der Waals surface area (Å²) in [4.78, 5) is 4.42. The zero-order chi connectivity index (χ0) is 19.5. The number of nitrogens with zero attached hydrogens (tertiary/aromatic N) is 2. The van der Waals surface area contributed by atoms with Gasteiger partial charge in [-0.15, -0.1) is 0 Å². The van der Waals surface area contributed by atoms with Gasteiger partial charge in [-0.1, -0.05) is 84.9 Å². The number of hydrogen-bond acceptors (Lipinski definition) is 1. The number of rotatable bonds is 5. The molecular formula is C27H24N2. The zero-order valence-electron chi connectivity index (χ0n) is 16.4. The molecule has 142 valence electrons. The van der Waals surface area contributed by atoms with Crippen molar-refractivity contribution in [2.75, 3.05) is 0 Å². The normalized spacial score (nSPS) is 16.8. The highest BCUT2D eigenvalue weighted by Gasteiger charge is 2.26. The van der Waals surface area contributed by atoms with E-state index in [2.05, 4.69) is 101 Å². The fraction of sp³-hybridized carbons (Fsp3) is 0.148. The van der Waals surface area contributed by atoms with Gasteiger partial charge in [-0.2, -0.15) is 0 Å². The first kappa shape index (κ1) is 17.7. The molecule has 0 N–H and O–H groups in total. The molecule has 2 nitrogen and oxygen atoms in total. The van der Waals surface area contributed by atoms with Crippen LogP contribution in [0, 0.1) is 0 Å². The quantitative estimate of drug-likeness (QED) is 0.405. The number of aromatic nitrogens is 2. The molecule has 1 atom stereocenters. The molecule has 0 radical (unpaired) electrons.